The van der Waals surface area contributed by atoms with Crippen molar-refractivity contribution in [1.82, 2.24) is 24.5 Å². The van der Waals surface area contributed by atoms with E-state index < -0.39 is 0 Å². The molecule has 5 aromatic rings. The number of benzene rings is 2. The second kappa shape index (κ2) is 9.50. The van der Waals surface area contributed by atoms with Crippen molar-refractivity contribution >= 4 is 22.2 Å². The lowest BCUT2D eigenvalue weighted by Gasteiger charge is -2.14. The molecule has 1 N–H and O–H groups in total. The zero-order valence-corrected chi connectivity index (χ0v) is 20.8. The van der Waals surface area contributed by atoms with Gasteiger partial charge < -0.3 is 5.32 Å². The van der Waals surface area contributed by atoms with Gasteiger partial charge in [-0.05, 0) is 56.7 Å². The molecule has 0 fully saturated rings. The van der Waals surface area contributed by atoms with Gasteiger partial charge in [-0.1, -0.05) is 30.3 Å². The van der Waals surface area contributed by atoms with E-state index in [9.17, 15) is 14.0 Å². The third-order valence-electron chi connectivity index (χ3n) is 6.05. The fraction of sp³-hybridized carbons (Fsp3) is 0.185. The summed E-state index contributed by atoms with van der Waals surface area (Å²) in [7, 11) is 0. The van der Waals surface area contributed by atoms with Gasteiger partial charge in [-0.2, -0.15) is 5.10 Å². The summed E-state index contributed by atoms with van der Waals surface area (Å²) < 4.78 is 16.5. The molecule has 0 aliphatic carbocycles. The SMILES string of the molecule is Cc1nc2scc(CC(=O)NC(C)c3ccccc3)n2c(=O)c1-c1cc(C)n(-c2ccc(F)cc2)n1. The van der Waals surface area contributed by atoms with Crippen molar-refractivity contribution in [3.63, 3.8) is 0 Å². The van der Waals surface area contributed by atoms with Crippen molar-refractivity contribution in [3.05, 3.63) is 105 Å². The second-order valence-electron chi connectivity index (χ2n) is 8.66. The summed E-state index contributed by atoms with van der Waals surface area (Å²) in [6, 6.07) is 17.4. The van der Waals surface area contributed by atoms with Crippen molar-refractivity contribution < 1.29 is 9.18 Å². The molecule has 0 radical (unpaired) electrons. The van der Waals surface area contributed by atoms with E-state index in [4.69, 9.17) is 0 Å². The number of rotatable bonds is 6. The monoisotopic (exact) mass is 501 g/mol. The largest absolute Gasteiger partial charge is 0.349 e. The van der Waals surface area contributed by atoms with Gasteiger partial charge in [0.15, 0.2) is 4.96 Å². The van der Waals surface area contributed by atoms with E-state index in [-0.39, 0.29) is 29.7 Å². The average molecular weight is 502 g/mol. The molecule has 9 heteroatoms. The minimum atomic E-state index is -0.334. The van der Waals surface area contributed by atoms with E-state index >= 15 is 0 Å². The Morgan fingerprint density at radius 1 is 1.11 bits per heavy atom. The predicted octanol–water partition coefficient (Wildman–Crippen LogP) is 4.78. The topological polar surface area (TPSA) is 81.3 Å². The van der Waals surface area contributed by atoms with E-state index in [1.807, 2.05) is 44.2 Å². The van der Waals surface area contributed by atoms with Crippen LogP contribution in [0.15, 0.2) is 70.8 Å². The first-order valence-corrected chi connectivity index (χ1v) is 12.4. The van der Waals surface area contributed by atoms with Crippen LogP contribution in [0, 0.1) is 19.7 Å². The molecule has 1 atom stereocenters. The van der Waals surface area contributed by atoms with Crippen LogP contribution in [0.25, 0.3) is 21.9 Å². The van der Waals surface area contributed by atoms with Gasteiger partial charge >= 0.3 is 0 Å². The highest BCUT2D eigenvalue weighted by Crippen LogP contribution is 2.24. The first-order valence-electron chi connectivity index (χ1n) is 11.5. The van der Waals surface area contributed by atoms with E-state index in [0.717, 1.165) is 11.3 Å². The highest BCUT2D eigenvalue weighted by atomic mass is 32.1. The molecule has 1 amide bonds. The van der Waals surface area contributed by atoms with Gasteiger partial charge in [0.1, 0.15) is 11.5 Å². The zero-order chi connectivity index (χ0) is 25.4. The molecule has 5 rings (SSSR count). The lowest BCUT2D eigenvalue weighted by atomic mass is 10.1. The van der Waals surface area contributed by atoms with Crippen molar-refractivity contribution in [1.29, 1.82) is 0 Å². The van der Waals surface area contributed by atoms with Crippen molar-refractivity contribution in [3.8, 4) is 16.9 Å². The number of hydrogen-bond donors (Lipinski definition) is 1. The number of fused-ring (bicyclic) bond motifs is 1. The number of nitrogens with zero attached hydrogens (tertiary/aromatic N) is 4. The molecule has 0 saturated heterocycles. The quantitative estimate of drug-likeness (QED) is 0.363. The molecular formula is C27H24FN5O2S. The van der Waals surface area contributed by atoms with E-state index in [1.165, 1.54) is 27.9 Å². The second-order valence-corrected chi connectivity index (χ2v) is 9.49. The van der Waals surface area contributed by atoms with E-state index in [0.29, 0.717) is 33.3 Å². The van der Waals surface area contributed by atoms with Gasteiger partial charge in [0, 0.05) is 16.8 Å². The summed E-state index contributed by atoms with van der Waals surface area (Å²) in [6.07, 6.45) is 0.0459. The Hall–Kier alpha value is -4.11. The van der Waals surface area contributed by atoms with Crippen LogP contribution in [-0.2, 0) is 11.2 Å². The smallest absolute Gasteiger partial charge is 0.268 e. The third kappa shape index (κ3) is 4.45. The number of carbonyl (C=O) groups is 1. The third-order valence-corrected chi connectivity index (χ3v) is 6.93. The van der Waals surface area contributed by atoms with Crippen LogP contribution in [0.2, 0.25) is 0 Å². The summed E-state index contributed by atoms with van der Waals surface area (Å²) in [5.41, 5.74) is 4.18. The van der Waals surface area contributed by atoms with Crippen LogP contribution in [0.3, 0.4) is 0 Å². The Morgan fingerprint density at radius 3 is 2.56 bits per heavy atom. The number of aryl methyl sites for hydroxylation is 2. The average Bonchev–Trinajstić information content (AvgIpc) is 3.43. The summed E-state index contributed by atoms with van der Waals surface area (Å²) in [5.74, 6) is -0.517. The Bertz CT molecular complexity index is 1620. The van der Waals surface area contributed by atoms with Crippen LogP contribution >= 0.6 is 11.3 Å². The van der Waals surface area contributed by atoms with Crippen molar-refractivity contribution in [2.45, 2.75) is 33.2 Å². The number of amides is 1. The molecule has 0 bridgehead atoms. The molecule has 0 aliphatic rings. The van der Waals surface area contributed by atoms with Gasteiger partial charge in [-0.3, -0.25) is 14.0 Å². The Labute approximate surface area is 210 Å². The number of hydrogen-bond acceptors (Lipinski definition) is 5. The summed E-state index contributed by atoms with van der Waals surface area (Å²) in [4.78, 5) is 31.6. The predicted molar refractivity (Wildman–Crippen MR) is 138 cm³/mol. The maximum Gasteiger partial charge on any atom is 0.268 e. The van der Waals surface area contributed by atoms with Crippen LogP contribution in [-0.4, -0.2) is 25.1 Å². The maximum absolute atomic E-state index is 13.7. The minimum Gasteiger partial charge on any atom is -0.349 e. The molecule has 36 heavy (non-hydrogen) atoms. The fourth-order valence-corrected chi connectivity index (χ4v) is 5.17. The number of carbonyl (C=O) groups excluding carboxylic acids is 1. The Morgan fingerprint density at radius 2 is 1.83 bits per heavy atom. The highest BCUT2D eigenvalue weighted by Gasteiger charge is 2.20. The summed E-state index contributed by atoms with van der Waals surface area (Å²) >= 11 is 1.32. The number of halogens is 1. The minimum absolute atomic E-state index is 0.0459. The summed E-state index contributed by atoms with van der Waals surface area (Å²) in [6.45, 7) is 5.57. The molecule has 0 spiro atoms. The van der Waals surface area contributed by atoms with Gasteiger partial charge in [-0.15, -0.1) is 11.3 Å². The fourth-order valence-electron chi connectivity index (χ4n) is 4.25. The molecule has 3 heterocycles. The molecule has 0 saturated carbocycles. The van der Waals surface area contributed by atoms with Gasteiger partial charge in [-0.25, -0.2) is 14.1 Å². The molecule has 0 aliphatic heterocycles. The summed E-state index contributed by atoms with van der Waals surface area (Å²) in [5, 5.41) is 9.41. The van der Waals surface area contributed by atoms with Crippen LogP contribution in [0.4, 0.5) is 4.39 Å². The maximum atomic E-state index is 13.7. The highest BCUT2D eigenvalue weighted by molar-refractivity contribution is 7.15. The standard InChI is InChI=1S/C27H24FN5O2S/c1-16-13-23(31-33(16)21-11-9-20(28)10-12-21)25-18(3)30-27-32(26(25)35)22(15-36-27)14-24(34)29-17(2)19-7-5-4-6-8-19/h4-13,15,17H,14H2,1-3H3,(H,29,34). The first kappa shape index (κ1) is 23.6. The number of nitrogens with one attached hydrogen (secondary N) is 1. The van der Waals surface area contributed by atoms with Gasteiger partial charge in [0.25, 0.3) is 5.56 Å². The Balaban J connectivity index is 1.48. The lowest BCUT2D eigenvalue weighted by molar-refractivity contribution is -0.121. The Kier molecular flexibility index (Phi) is 6.24. The molecule has 182 valence electrons. The van der Waals surface area contributed by atoms with Crippen LogP contribution in [0.1, 0.15) is 35.6 Å². The van der Waals surface area contributed by atoms with Gasteiger partial charge in [0.05, 0.1) is 29.4 Å². The van der Waals surface area contributed by atoms with Crippen LogP contribution in [0.5, 0.6) is 0 Å². The zero-order valence-electron chi connectivity index (χ0n) is 20.0. The van der Waals surface area contributed by atoms with Crippen molar-refractivity contribution in [2.75, 3.05) is 0 Å². The number of aromatic nitrogens is 4. The lowest BCUT2D eigenvalue weighted by Crippen LogP contribution is -2.29. The van der Waals surface area contributed by atoms with E-state index in [1.54, 1.807) is 35.2 Å². The molecule has 2 aromatic carbocycles. The molecule has 1 unspecified atom stereocenters. The van der Waals surface area contributed by atoms with Gasteiger partial charge in [0.2, 0.25) is 5.91 Å². The molecule has 7 nitrogen and oxygen atoms in total. The van der Waals surface area contributed by atoms with Crippen LogP contribution < -0.4 is 10.9 Å². The normalized spacial score (nSPS) is 12.1. The first-order chi connectivity index (χ1) is 17.3. The molecular weight excluding hydrogens is 477 g/mol. The van der Waals surface area contributed by atoms with E-state index in [2.05, 4.69) is 15.4 Å². The molecule has 3 aromatic heterocycles. The van der Waals surface area contributed by atoms with Crippen molar-refractivity contribution in [2.24, 2.45) is 0 Å². The number of thiazole rings is 1.